The summed E-state index contributed by atoms with van der Waals surface area (Å²) in [5.41, 5.74) is 7.71. The van der Waals surface area contributed by atoms with Crippen LogP contribution in [-0.4, -0.2) is 19.7 Å². The molecule has 0 bridgehead atoms. The summed E-state index contributed by atoms with van der Waals surface area (Å²) in [5, 5.41) is 7.03. The van der Waals surface area contributed by atoms with E-state index < -0.39 is 0 Å². The van der Waals surface area contributed by atoms with Gasteiger partial charge in [0.25, 0.3) is 5.56 Å². The first kappa shape index (κ1) is 13.4. The number of nitrogen functional groups attached to an aromatic ring is 1. The number of fused-ring (bicyclic) bond motifs is 6. The summed E-state index contributed by atoms with van der Waals surface area (Å²) >= 11 is 1.62. The van der Waals surface area contributed by atoms with Crippen molar-refractivity contribution in [3.05, 3.63) is 58.9 Å². The van der Waals surface area contributed by atoms with Crippen LogP contribution in [0, 0.1) is 0 Å². The van der Waals surface area contributed by atoms with Gasteiger partial charge in [0.1, 0.15) is 11.2 Å². The number of nitrogens with zero attached hydrogens (tertiary/aromatic N) is 3. The van der Waals surface area contributed by atoms with Crippen molar-refractivity contribution in [2.45, 2.75) is 9.79 Å². The average Bonchev–Trinajstić information content (AvgIpc) is 2.90. The number of hydrogen-bond acceptors (Lipinski definition) is 5. The van der Waals surface area contributed by atoms with Crippen molar-refractivity contribution in [3.8, 4) is 17.1 Å². The van der Waals surface area contributed by atoms with Crippen molar-refractivity contribution in [2.24, 2.45) is 0 Å². The van der Waals surface area contributed by atoms with Crippen LogP contribution in [0.2, 0.25) is 0 Å². The predicted molar refractivity (Wildman–Crippen MR) is 93.5 cm³/mol. The van der Waals surface area contributed by atoms with Crippen molar-refractivity contribution in [1.82, 2.24) is 19.7 Å². The van der Waals surface area contributed by atoms with Crippen LogP contribution in [0.4, 0.5) is 5.82 Å². The molecular formula is C17H11N5OS. The SMILES string of the molecule is Nc1[nH]nc2nc3n(c(=O)c12)-c1ccccc1Sc1ccccc1-3. The molecule has 24 heavy (non-hydrogen) atoms. The van der Waals surface area contributed by atoms with E-state index in [1.54, 1.807) is 16.3 Å². The van der Waals surface area contributed by atoms with E-state index in [4.69, 9.17) is 5.73 Å². The van der Waals surface area contributed by atoms with E-state index in [1.165, 1.54) is 0 Å². The van der Waals surface area contributed by atoms with Gasteiger partial charge in [-0.15, -0.1) is 0 Å². The van der Waals surface area contributed by atoms with E-state index in [1.807, 2.05) is 48.5 Å². The first-order chi connectivity index (χ1) is 11.7. The Bertz CT molecular complexity index is 1180. The number of hydrogen-bond donors (Lipinski definition) is 2. The van der Waals surface area contributed by atoms with Gasteiger partial charge in [-0.3, -0.25) is 14.5 Å². The molecule has 0 spiro atoms. The van der Waals surface area contributed by atoms with Crippen molar-refractivity contribution >= 4 is 28.6 Å². The number of para-hydroxylation sites is 1. The van der Waals surface area contributed by atoms with Crippen LogP contribution in [0.25, 0.3) is 28.1 Å². The monoisotopic (exact) mass is 333 g/mol. The van der Waals surface area contributed by atoms with E-state index in [0.29, 0.717) is 16.9 Å². The van der Waals surface area contributed by atoms with Crippen molar-refractivity contribution in [3.63, 3.8) is 0 Å². The number of benzene rings is 2. The highest BCUT2D eigenvalue weighted by Gasteiger charge is 2.24. The zero-order chi connectivity index (χ0) is 16.3. The van der Waals surface area contributed by atoms with E-state index >= 15 is 0 Å². The number of H-pyrrole nitrogens is 1. The van der Waals surface area contributed by atoms with E-state index in [-0.39, 0.29) is 11.4 Å². The van der Waals surface area contributed by atoms with Crippen LogP contribution in [-0.2, 0) is 0 Å². The fraction of sp³-hybridized carbons (Fsp3) is 0. The van der Waals surface area contributed by atoms with Crippen LogP contribution < -0.4 is 11.3 Å². The topological polar surface area (TPSA) is 89.6 Å². The molecule has 2 aromatic carbocycles. The molecule has 0 amide bonds. The average molecular weight is 333 g/mol. The second-order valence-electron chi connectivity index (χ2n) is 5.48. The van der Waals surface area contributed by atoms with Gasteiger partial charge in [0.05, 0.1) is 5.69 Å². The molecule has 3 heterocycles. The minimum Gasteiger partial charge on any atom is -0.383 e. The molecule has 116 valence electrons. The van der Waals surface area contributed by atoms with E-state index in [0.717, 1.165) is 21.0 Å². The van der Waals surface area contributed by atoms with Gasteiger partial charge >= 0.3 is 0 Å². The molecule has 1 aliphatic rings. The fourth-order valence-electron chi connectivity index (χ4n) is 2.99. The zero-order valence-electron chi connectivity index (χ0n) is 12.4. The highest BCUT2D eigenvalue weighted by atomic mass is 32.2. The van der Waals surface area contributed by atoms with Crippen LogP contribution in [0.15, 0.2) is 63.1 Å². The molecule has 1 aliphatic heterocycles. The number of aromatic amines is 1. The number of anilines is 1. The Hall–Kier alpha value is -3.06. The molecule has 6 nitrogen and oxygen atoms in total. The number of nitrogens with one attached hydrogen (secondary N) is 1. The smallest absolute Gasteiger partial charge is 0.271 e. The van der Waals surface area contributed by atoms with Gasteiger partial charge in [0.15, 0.2) is 11.5 Å². The lowest BCUT2D eigenvalue weighted by atomic mass is 10.2. The molecule has 0 saturated heterocycles. The standard InChI is InChI=1S/C17H11N5OS/c18-14-13-15(21-20-14)19-16-9-5-1-3-7-11(9)24-12-8-4-2-6-10(12)22(16)17(13)23/h1-8H,(H3,18,20,21). The molecule has 0 atom stereocenters. The first-order valence-corrected chi connectivity index (χ1v) is 8.19. The Balaban J connectivity index is 2.04. The second-order valence-corrected chi connectivity index (χ2v) is 6.56. The van der Waals surface area contributed by atoms with Crippen molar-refractivity contribution in [1.29, 1.82) is 0 Å². The van der Waals surface area contributed by atoms with Crippen LogP contribution in [0.1, 0.15) is 0 Å². The lowest BCUT2D eigenvalue weighted by Gasteiger charge is -2.11. The maximum absolute atomic E-state index is 13.2. The van der Waals surface area contributed by atoms with Crippen molar-refractivity contribution < 1.29 is 0 Å². The van der Waals surface area contributed by atoms with Gasteiger partial charge in [0.2, 0.25) is 0 Å². The number of aromatic nitrogens is 4. The number of nitrogens with two attached hydrogens (primary N) is 1. The third kappa shape index (κ3) is 1.70. The summed E-state index contributed by atoms with van der Waals surface area (Å²) in [6.45, 7) is 0. The summed E-state index contributed by atoms with van der Waals surface area (Å²) in [6, 6.07) is 15.7. The fourth-order valence-corrected chi connectivity index (χ4v) is 4.05. The van der Waals surface area contributed by atoms with Gasteiger partial charge < -0.3 is 5.73 Å². The molecule has 2 aromatic heterocycles. The quantitative estimate of drug-likeness (QED) is 0.455. The largest absolute Gasteiger partial charge is 0.383 e. The van der Waals surface area contributed by atoms with Gasteiger partial charge in [-0.2, -0.15) is 5.10 Å². The summed E-state index contributed by atoms with van der Waals surface area (Å²) in [7, 11) is 0. The molecule has 0 aliphatic carbocycles. The van der Waals surface area contributed by atoms with E-state index in [2.05, 4.69) is 15.2 Å². The highest BCUT2D eigenvalue weighted by Crippen LogP contribution is 2.41. The summed E-state index contributed by atoms with van der Waals surface area (Å²) < 4.78 is 1.63. The Labute approximate surface area is 140 Å². The number of rotatable bonds is 0. The van der Waals surface area contributed by atoms with Crippen LogP contribution in [0.5, 0.6) is 0 Å². The molecule has 0 unspecified atom stereocenters. The Morgan fingerprint density at radius 2 is 1.79 bits per heavy atom. The molecule has 7 heteroatoms. The minimum absolute atomic E-state index is 0.217. The van der Waals surface area contributed by atoms with Crippen LogP contribution >= 0.6 is 11.8 Å². The Morgan fingerprint density at radius 3 is 2.67 bits per heavy atom. The van der Waals surface area contributed by atoms with Gasteiger partial charge in [0, 0.05) is 15.4 Å². The third-order valence-electron chi connectivity index (χ3n) is 4.07. The zero-order valence-corrected chi connectivity index (χ0v) is 13.2. The molecule has 0 radical (unpaired) electrons. The third-order valence-corrected chi connectivity index (χ3v) is 5.21. The second kappa shape index (κ2) is 4.72. The molecule has 3 N–H and O–H groups in total. The van der Waals surface area contributed by atoms with Gasteiger partial charge in [-0.05, 0) is 18.2 Å². The summed E-state index contributed by atoms with van der Waals surface area (Å²) in [6.07, 6.45) is 0. The summed E-state index contributed by atoms with van der Waals surface area (Å²) in [5.74, 6) is 0.813. The molecule has 4 aromatic rings. The molecule has 5 rings (SSSR count). The lowest BCUT2D eigenvalue weighted by Crippen LogP contribution is -2.22. The predicted octanol–water partition coefficient (Wildman–Crippen LogP) is 2.82. The van der Waals surface area contributed by atoms with Gasteiger partial charge in [-0.25, -0.2) is 4.98 Å². The molecule has 0 saturated carbocycles. The maximum Gasteiger partial charge on any atom is 0.271 e. The van der Waals surface area contributed by atoms with Crippen molar-refractivity contribution in [2.75, 3.05) is 5.73 Å². The molecular weight excluding hydrogens is 322 g/mol. The van der Waals surface area contributed by atoms with E-state index in [9.17, 15) is 4.79 Å². The maximum atomic E-state index is 13.2. The first-order valence-electron chi connectivity index (χ1n) is 7.37. The summed E-state index contributed by atoms with van der Waals surface area (Å²) in [4.78, 5) is 19.8. The normalized spacial score (nSPS) is 12.3. The van der Waals surface area contributed by atoms with Gasteiger partial charge in [-0.1, -0.05) is 42.1 Å². The Kier molecular flexibility index (Phi) is 2.63. The highest BCUT2D eigenvalue weighted by molar-refractivity contribution is 7.99. The van der Waals surface area contributed by atoms with Crippen LogP contribution in [0.3, 0.4) is 0 Å². The molecule has 0 fully saturated rings. The Morgan fingerprint density at radius 1 is 1.04 bits per heavy atom. The lowest BCUT2D eigenvalue weighted by molar-refractivity contribution is 0.950. The minimum atomic E-state index is -0.217.